The average molecular weight is 606 g/mol. The molecule has 228 valence electrons. The van der Waals surface area contributed by atoms with Crippen LogP contribution in [0.3, 0.4) is 0 Å². The maximum atomic E-state index is 13.8. The van der Waals surface area contributed by atoms with Crippen molar-refractivity contribution < 1.29 is 23.0 Å². The Kier molecular flexibility index (Phi) is 9.50. The van der Waals surface area contributed by atoms with Crippen molar-refractivity contribution >= 4 is 22.3 Å². The first-order valence-corrected chi connectivity index (χ1v) is 15.1. The molecule has 9 nitrogen and oxygen atoms in total. The van der Waals surface area contributed by atoms with E-state index in [2.05, 4.69) is 37.3 Å². The van der Waals surface area contributed by atoms with Crippen LogP contribution in [-0.4, -0.2) is 84.5 Å². The predicted molar refractivity (Wildman–Crippen MR) is 158 cm³/mol. The van der Waals surface area contributed by atoms with Crippen LogP contribution in [0.2, 0.25) is 0 Å². The molecule has 1 atom stereocenters. The third-order valence-electron chi connectivity index (χ3n) is 7.87. The third kappa shape index (κ3) is 7.31. The number of halogens is 3. The first kappa shape index (κ1) is 30.5. The minimum Gasteiger partial charge on any atom is -0.496 e. The minimum absolute atomic E-state index is 0.0956. The monoisotopic (exact) mass is 605 g/mol. The second-order valence-electron chi connectivity index (χ2n) is 11.3. The van der Waals surface area contributed by atoms with Gasteiger partial charge in [0.2, 0.25) is 0 Å². The summed E-state index contributed by atoms with van der Waals surface area (Å²) in [6.45, 7) is 8.48. The molecule has 0 spiro atoms. The number of ether oxygens (including phenoxy) is 1. The number of anilines is 2. The number of piperazine rings is 1. The summed E-state index contributed by atoms with van der Waals surface area (Å²) in [4.78, 5) is 19.3. The number of aromatic nitrogens is 3. The van der Waals surface area contributed by atoms with Crippen LogP contribution in [0.1, 0.15) is 35.9 Å². The van der Waals surface area contributed by atoms with Crippen LogP contribution in [-0.2, 0) is 19.1 Å². The number of benzene rings is 1. The molecule has 3 N–H and O–H groups in total. The van der Waals surface area contributed by atoms with Crippen LogP contribution in [0.15, 0.2) is 30.6 Å². The van der Waals surface area contributed by atoms with Gasteiger partial charge in [0, 0.05) is 74.7 Å². The van der Waals surface area contributed by atoms with E-state index in [1.165, 1.54) is 24.5 Å². The lowest BCUT2D eigenvalue weighted by atomic mass is 9.83. The number of thiazole rings is 1. The number of piperidine rings is 1. The number of rotatable bonds is 10. The van der Waals surface area contributed by atoms with Gasteiger partial charge in [0.1, 0.15) is 11.6 Å². The van der Waals surface area contributed by atoms with Crippen molar-refractivity contribution in [2.24, 2.45) is 5.41 Å². The molecule has 0 radical (unpaired) electrons. The van der Waals surface area contributed by atoms with E-state index in [1.54, 1.807) is 18.5 Å². The van der Waals surface area contributed by atoms with Crippen molar-refractivity contribution in [3.8, 4) is 17.0 Å². The van der Waals surface area contributed by atoms with Crippen LogP contribution < -0.4 is 20.3 Å². The maximum Gasteiger partial charge on any atom is 0.419 e. The van der Waals surface area contributed by atoms with E-state index in [4.69, 9.17) is 9.72 Å². The van der Waals surface area contributed by atoms with E-state index in [1.807, 2.05) is 0 Å². The average Bonchev–Trinajstić information content (AvgIpc) is 3.39. The third-order valence-corrected chi connectivity index (χ3v) is 8.87. The smallest absolute Gasteiger partial charge is 0.419 e. The molecule has 0 bridgehead atoms. The number of aliphatic hydroxyl groups excluding tert-OH is 1. The van der Waals surface area contributed by atoms with Crippen molar-refractivity contribution in [1.82, 2.24) is 25.2 Å². The van der Waals surface area contributed by atoms with E-state index in [0.717, 1.165) is 68.0 Å². The number of hydrogen-bond acceptors (Lipinski definition) is 10. The Morgan fingerprint density at radius 3 is 2.67 bits per heavy atom. The maximum absolute atomic E-state index is 13.8. The van der Waals surface area contributed by atoms with Gasteiger partial charge in [0.15, 0.2) is 5.13 Å². The standard InChI is InChI=1S/C29H38F3N7O2S/c1-28(19-40)7-3-11-38(18-28)17-24-26(20-4-5-23(41-2)22(14-20)29(30,31)32)37-27(42-24)34-8-6-21-15-36-25(16-35-21)39-12-9-33-10-13-39/h4-5,14-16,33,40H,3,6-13,17-19H2,1-2H3,(H,34,37). The van der Waals surface area contributed by atoms with Gasteiger partial charge in [0.05, 0.1) is 36.5 Å². The Hall–Kier alpha value is -3.00. The van der Waals surface area contributed by atoms with E-state index in [0.29, 0.717) is 42.4 Å². The van der Waals surface area contributed by atoms with Crippen LogP contribution in [0, 0.1) is 5.41 Å². The highest BCUT2D eigenvalue weighted by Crippen LogP contribution is 2.41. The Bertz CT molecular complexity index is 1330. The number of aliphatic hydroxyl groups is 1. The van der Waals surface area contributed by atoms with Gasteiger partial charge in [-0.05, 0) is 37.6 Å². The fourth-order valence-electron chi connectivity index (χ4n) is 5.56. The molecule has 0 amide bonds. The molecule has 0 saturated carbocycles. The molecule has 13 heteroatoms. The fraction of sp³-hybridized carbons (Fsp3) is 0.552. The van der Waals surface area contributed by atoms with E-state index in [-0.39, 0.29) is 17.8 Å². The molecule has 42 heavy (non-hydrogen) atoms. The van der Waals surface area contributed by atoms with Crippen LogP contribution >= 0.6 is 11.3 Å². The molecule has 1 unspecified atom stereocenters. The predicted octanol–water partition coefficient (Wildman–Crippen LogP) is 4.29. The summed E-state index contributed by atoms with van der Waals surface area (Å²) in [6.07, 6.45) is 1.56. The summed E-state index contributed by atoms with van der Waals surface area (Å²) in [5, 5.41) is 17.2. The Balaban J connectivity index is 1.33. The molecule has 2 aliphatic heterocycles. The molecule has 0 aliphatic carbocycles. The lowest BCUT2D eigenvalue weighted by Crippen LogP contribution is -2.43. The van der Waals surface area contributed by atoms with Gasteiger partial charge in [-0.15, -0.1) is 11.3 Å². The normalized spacial score (nSPS) is 20.1. The molecular weight excluding hydrogens is 567 g/mol. The summed E-state index contributed by atoms with van der Waals surface area (Å²) in [5.74, 6) is 0.648. The molecule has 2 aromatic heterocycles. The highest BCUT2D eigenvalue weighted by Gasteiger charge is 2.35. The first-order chi connectivity index (χ1) is 20.2. The summed E-state index contributed by atoms with van der Waals surface area (Å²) in [6, 6.07) is 4.09. The first-order valence-electron chi connectivity index (χ1n) is 14.3. The van der Waals surface area contributed by atoms with Crippen molar-refractivity contribution in [3.05, 3.63) is 46.7 Å². The van der Waals surface area contributed by atoms with Gasteiger partial charge in [-0.1, -0.05) is 6.92 Å². The number of nitrogens with one attached hydrogen (secondary N) is 2. The Morgan fingerprint density at radius 2 is 1.98 bits per heavy atom. The van der Waals surface area contributed by atoms with Gasteiger partial charge in [-0.2, -0.15) is 13.2 Å². The molecule has 2 fully saturated rings. The summed E-state index contributed by atoms with van der Waals surface area (Å²) < 4.78 is 46.5. The number of alkyl halides is 3. The topological polar surface area (TPSA) is 98.7 Å². The highest BCUT2D eigenvalue weighted by molar-refractivity contribution is 7.16. The molecule has 1 aromatic carbocycles. The number of likely N-dealkylation sites (tertiary alicyclic amines) is 1. The molecule has 2 aliphatic rings. The number of methoxy groups -OCH3 is 1. The van der Waals surface area contributed by atoms with Gasteiger partial charge in [-0.25, -0.2) is 9.97 Å². The Morgan fingerprint density at radius 1 is 1.17 bits per heavy atom. The van der Waals surface area contributed by atoms with Gasteiger partial charge >= 0.3 is 6.18 Å². The highest BCUT2D eigenvalue weighted by atomic mass is 32.1. The van der Waals surface area contributed by atoms with E-state index >= 15 is 0 Å². The molecule has 4 heterocycles. The van der Waals surface area contributed by atoms with Crippen molar-refractivity contribution in [2.75, 3.05) is 69.7 Å². The van der Waals surface area contributed by atoms with Crippen molar-refractivity contribution in [1.29, 1.82) is 0 Å². The van der Waals surface area contributed by atoms with Crippen molar-refractivity contribution in [2.45, 2.75) is 38.9 Å². The van der Waals surface area contributed by atoms with Crippen LogP contribution in [0.5, 0.6) is 5.75 Å². The van der Waals surface area contributed by atoms with Gasteiger partial charge in [0.25, 0.3) is 0 Å². The summed E-state index contributed by atoms with van der Waals surface area (Å²) in [7, 11) is 1.23. The largest absolute Gasteiger partial charge is 0.496 e. The minimum atomic E-state index is -4.56. The van der Waals surface area contributed by atoms with E-state index < -0.39 is 11.7 Å². The summed E-state index contributed by atoms with van der Waals surface area (Å²) in [5.41, 5.74) is 0.727. The zero-order valence-electron chi connectivity index (χ0n) is 24.0. The molecule has 2 saturated heterocycles. The molecule has 3 aromatic rings. The van der Waals surface area contributed by atoms with Gasteiger partial charge in [-0.3, -0.25) is 9.88 Å². The van der Waals surface area contributed by atoms with Crippen LogP contribution in [0.4, 0.5) is 24.1 Å². The van der Waals surface area contributed by atoms with Crippen LogP contribution in [0.25, 0.3) is 11.3 Å². The molecular formula is C29H38F3N7O2S. The summed E-state index contributed by atoms with van der Waals surface area (Å²) >= 11 is 1.45. The Labute approximate surface area is 248 Å². The lowest BCUT2D eigenvalue weighted by Gasteiger charge is -2.39. The van der Waals surface area contributed by atoms with E-state index in [9.17, 15) is 18.3 Å². The second-order valence-corrected chi connectivity index (χ2v) is 12.3. The molecule has 5 rings (SSSR count). The quantitative estimate of drug-likeness (QED) is 0.313. The van der Waals surface area contributed by atoms with Gasteiger partial charge < -0.3 is 25.4 Å². The SMILES string of the molecule is COc1ccc(-c2nc(NCCc3cnc(N4CCNCC4)cn3)sc2CN2CCCC(C)(CO)C2)cc1C(F)(F)F. The zero-order valence-corrected chi connectivity index (χ0v) is 24.8. The second kappa shape index (κ2) is 13.1. The fourth-order valence-corrected chi connectivity index (χ4v) is 6.62. The number of hydrogen-bond donors (Lipinski definition) is 3. The van der Waals surface area contributed by atoms with Crippen molar-refractivity contribution in [3.63, 3.8) is 0 Å². The lowest BCUT2D eigenvalue weighted by molar-refractivity contribution is -0.138. The number of nitrogens with zero attached hydrogens (tertiary/aromatic N) is 5. The zero-order chi connectivity index (χ0) is 29.7.